The Kier molecular flexibility index (Phi) is 7.90. The van der Waals surface area contributed by atoms with Gasteiger partial charge in [-0.25, -0.2) is 14.4 Å². The van der Waals surface area contributed by atoms with E-state index >= 15 is 0 Å². The second kappa shape index (κ2) is 11.3. The number of nitrogens with zero attached hydrogens (tertiary/aromatic N) is 4. The maximum Gasteiger partial charge on any atom is 0.257 e. The van der Waals surface area contributed by atoms with Gasteiger partial charge in [0.15, 0.2) is 0 Å². The first-order chi connectivity index (χ1) is 17.3. The van der Waals surface area contributed by atoms with Crippen LogP contribution in [0.2, 0.25) is 0 Å². The predicted molar refractivity (Wildman–Crippen MR) is 139 cm³/mol. The zero-order chi connectivity index (χ0) is 25.7. The molecule has 0 aliphatic carbocycles. The van der Waals surface area contributed by atoms with E-state index in [2.05, 4.69) is 39.3 Å². The predicted octanol–water partition coefficient (Wildman–Crippen LogP) is 4.06. The molecule has 9 heteroatoms. The van der Waals surface area contributed by atoms with E-state index in [9.17, 15) is 14.0 Å². The normalized spacial score (nSPS) is 14.1. The van der Waals surface area contributed by atoms with E-state index < -0.39 is 0 Å². The van der Waals surface area contributed by atoms with Gasteiger partial charge in [-0.1, -0.05) is 26.0 Å². The summed E-state index contributed by atoms with van der Waals surface area (Å²) in [6, 6.07) is 14.4. The molecule has 1 aliphatic heterocycles. The highest BCUT2D eigenvalue weighted by molar-refractivity contribution is 6.10. The molecule has 1 aromatic heterocycles. The molecule has 1 aliphatic rings. The van der Waals surface area contributed by atoms with Crippen LogP contribution in [-0.2, 0) is 4.79 Å². The average Bonchev–Trinajstić information content (AvgIpc) is 2.85. The zero-order valence-corrected chi connectivity index (χ0v) is 20.8. The van der Waals surface area contributed by atoms with Crippen molar-refractivity contribution < 1.29 is 14.0 Å². The van der Waals surface area contributed by atoms with Crippen LogP contribution in [0.5, 0.6) is 0 Å². The molecule has 188 valence electrons. The van der Waals surface area contributed by atoms with Gasteiger partial charge < -0.3 is 15.5 Å². The number of carbonyl (C=O) groups excluding carboxylic acids is 2. The molecule has 2 heterocycles. The summed E-state index contributed by atoms with van der Waals surface area (Å²) in [6.07, 6.45) is 0. The molecule has 2 N–H and O–H groups in total. The molecule has 4 rings (SSSR count). The lowest BCUT2D eigenvalue weighted by Gasteiger charge is -2.35. The van der Waals surface area contributed by atoms with Gasteiger partial charge in [0.1, 0.15) is 17.5 Å². The molecule has 0 unspecified atom stereocenters. The number of aryl methyl sites for hydroxylation is 1. The number of para-hydroxylation sites is 1. The van der Waals surface area contributed by atoms with Gasteiger partial charge in [-0.05, 0) is 43.3 Å². The molecule has 0 bridgehead atoms. The maximum atomic E-state index is 13.1. The monoisotopic (exact) mass is 490 g/mol. The van der Waals surface area contributed by atoms with Crippen LogP contribution in [-0.4, -0.2) is 59.4 Å². The largest absolute Gasteiger partial charge is 0.354 e. The van der Waals surface area contributed by atoms with Crippen molar-refractivity contribution in [3.05, 3.63) is 77.5 Å². The Balaban J connectivity index is 1.33. The van der Waals surface area contributed by atoms with Crippen LogP contribution >= 0.6 is 0 Å². The van der Waals surface area contributed by atoms with E-state index in [-0.39, 0.29) is 30.1 Å². The first-order valence-electron chi connectivity index (χ1n) is 12.1. The first kappa shape index (κ1) is 25.2. The number of anilines is 3. The smallest absolute Gasteiger partial charge is 0.257 e. The van der Waals surface area contributed by atoms with Crippen LogP contribution in [0, 0.1) is 12.7 Å². The van der Waals surface area contributed by atoms with Crippen molar-refractivity contribution >= 4 is 29.0 Å². The fourth-order valence-corrected chi connectivity index (χ4v) is 4.04. The Bertz CT molecular complexity index is 1220. The zero-order valence-electron chi connectivity index (χ0n) is 20.8. The number of rotatable bonds is 7. The van der Waals surface area contributed by atoms with E-state index in [0.29, 0.717) is 16.9 Å². The summed E-state index contributed by atoms with van der Waals surface area (Å²) in [5.41, 5.74) is 2.19. The van der Waals surface area contributed by atoms with Gasteiger partial charge in [-0.15, -0.1) is 0 Å². The summed E-state index contributed by atoms with van der Waals surface area (Å²) in [5.74, 6) is 1.08. The molecule has 0 radical (unpaired) electrons. The lowest BCUT2D eigenvalue weighted by atomic mass is 10.1. The number of amides is 2. The molecule has 2 aromatic carbocycles. The van der Waals surface area contributed by atoms with E-state index in [1.54, 1.807) is 24.3 Å². The summed E-state index contributed by atoms with van der Waals surface area (Å²) in [4.78, 5) is 39.1. The number of piperazine rings is 1. The fourth-order valence-electron chi connectivity index (χ4n) is 4.04. The number of aromatic nitrogens is 2. The Hall–Kier alpha value is -3.85. The van der Waals surface area contributed by atoms with E-state index in [1.807, 2.05) is 13.0 Å². The summed E-state index contributed by atoms with van der Waals surface area (Å²) >= 11 is 0. The standard InChI is InChI=1S/C27H31FN6O2/c1-18(2)26-29-19(3)16-24(32-26)34-14-12-33(13-15-34)17-25(35)31-23-7-5-4-6-22(23)27(36)30-21-10-8-20(28)9-11-21/h4-11,16,18H,12-15,17H2,1-3H3,(H,30,36)(H,31,35). The van der Waals surface area contributed by atoms with Gasteiger partial charge in [-0.3, -0.25) is 14.5 Å². The Labute approximate surface area is 210 Å². The maximum absolute atomic E-state index is 13.1. The third kappa shape index (κ3) is 6.42. The van der Waals surface area contributed by atoms with Crippen LogP contribution < -0.4 is 15.5 Å². The topological polar surface area (TPSA) is 90.5 Å². The second-order valence-electron chi connectivity index (χ2n) is 9.20. The SMILES string of the molecule is Cc1cc(N2CCN(CC(=O)Nc3ccccc3C(=O)Nc3ccc(F)cc3)CC2)nc(C(C)C)n1. The Morgan fingerprint density at radius 1 is 0.972 bits per heavy atom. The molecule has 1 fully saturated rings. The molecule has 1 saturated heterocycles. The summed E-state index contributed by atoms with van der Waals surface area (Å²) in [7, 11) is 0. The third-order valence-corrected chi connectivity index (χ3v) is 5.99. The number of hydrogen-bond acceptors (Lipinski definition) is 6. The minimum absolute atomic E-state index is 0.189. The van der Waals surface area contributed by atoms with Crippen LogP contribution in [0.1, 0.15) is 41.6 Å². The minimum Gasteiger partial charge on any atom is -0.354 e. The Morgan fingerprint density at radius 3 is 2.36 bits per heavy atom. The molecule has 2 amide bonds. The lowest BCUT2D eigenvalue weighted by Crippen LogP contribution is -2.49. The number of benzene rings is 2. The van der Waals surface area contributed by atoms with Crippen LogP contribution in [0.15, 0.2) is 54.6 Å². The fraction of sp³-hybridized carbons (Fsp3) is 0.333. The summed E-state index contributed by atoms with van der Waals surface area (Å²) in [5, 5.41) is 5.60. The van der Waals surface area contributed by atoms with Crippen molar-refractivity contribution in [2.45, 2.75) is 26.7 Å². The minimum atomic E-state index is -0.382. The van der Waals surface area contributed by atoms with Crippen molar-refractivity contribution in [2.24, 2.45) is 0 Å². The molecule has 8 nitrogen and oxygen atoms in total. The van der Waals surface area contributed by atoms with Gasteiger partial charge >= 0.3 is 0 Å². The van der Waals surface area contributed by atoms with Gasteiger partial charge in [-0.2, -0.15) is 0 Å². The molecule has 3 aromatic rings. The summed E-state index contributed by atoms with van der Waals surface area (Å²) in [6.45, 7) is 9.34. The van der Waals surface area contributed by atoms with Crippen LogP contribution in [0.25, 0.3) is 0 Å². The van der Waals surface area contributed by atoms with Gasteiger partial charge in [0.25, 0.3) is 5.91 Å². The van der Waals surface area contributed by atoms with Crippen molar-refractivity contribution in [1.29, 1.82) is 0 Å². The van der Waals surface area contributed by atoms with E-state index in [1.165, 1.54) is 24.3 Å². The van der Waals surface area contributed by atoms with Crippen molar-refractivity contribution in [1.82, 2.24) is 14.9 Å². The second-order valence-corrected chi connectivity index (χ2v) is 9.20. The highest BCUT2D eigenvalue weighted by Crippen LogP contribution is 2.20. The summed E-state index contributed by atoms with van der Waals surface area (Å²) < 4.78 is 13.1. The molecular formula is C27H31FN6O2. The van der Waals surface area contributed by atoms with E-state index in [0.717, 1.165) is 43.5 Å². The highest BCUT2D eigenvalue weighted by atomic mass is 19.1. The van der Waals surface area contributed by atoms with Crippen molar-refractivity contribution in [3.8, 4) is 0 Å². The van der Waals surface area contributed by atoms with Crippen molar-refractivity contribution in [3.63, 3.8) is 0 Å². The third-order valence-electron chi connectivity index (χ3n) is 5.99. The quantitative estimate of drug-likeness (QED) is 0.519. The average molecular weight is 491 g/mol. The Morgan fingerprint density at radius 2 is 1.67 bits per heavy atom. The van der Waals surface area contributed by atoms with Gasteiger partial charge in [0, 0.05) is 49.5 Å². The van der Waals surface area contributed by atoms with E-state index in [4.69, 9.17) is 4.98 Å². The molecule has 0 spiro atoms. The lowest BCUT2D eigenvalue weighted by molar-refractivity contribution is -0.117. The molecular weight excluding hydrogens is 459 g/mol. The number of nitrogens with one attached hydrogen (secondary N) is 2. The number of hydrogen-bond donors (Lipinski definition) is 2. The number of carbonyl (C=O) groups is 2. The van der Waals surface area contributed by atoms with Gasteiger partial charge in [0.05, 0.1) is 17.8 Å². The highest BCUT2D eigenvalue weighted by Gasteiger charge is 2.22. The van der Waals surface area contributed by atoms with Gasteiger partial charge in [0.2, 0.25) is 5.91 Å². The molecule has 0 saturated carbocycles. The van der Waals surface area contributed by atoms with Crippen LogP contribution in [0.3, 0.4) is 0 Å². The number of halogens is 1. The molecule has 36 heavy (non-hydrogen) atoms. The first-order valence-corrected chi connectivity index (χ1v) is 12.1. The molecule has 0 atom stereocenters. The van der Waals surface area contributed by atoms with Crippen molar-refractivity contribution in [2.75, 3.05) is 48.3 Å². The van der Waals surface area contributed by atoms with Crippen LogP contribution in [0.4, 0.5) is 21.6 Å².